The number of hydrogen-bond acceptors (Lipinski definition) is 8. The van der Waals surface area contributed by atoms with Crippen molar-refractivity contribution in [3.8, 4) is 45.6 Å². The summed E-state index contributed by atoms with van der Waals surface area (Å²) in [5, 5.41) is 0. The van der Waals surface area contributed by atoms with Gasteiger partial charge in [0.2, 0.25) is 18.3 Å². The summed E-state index contributed by atoms with van der Waals surface area (Å²) in [6, 6.07) is 3.86. The van der Waals surface area contributed by atoms with Crippen LogP contribution >= 0.6 is 0 Å². The molecule has 2 aromatic carbocycles. The molecule has 1 aliphatic carbocycles. The number of esters is 1. The van der Waals surface area contributed by atoms with Crippen molar-refractivity contribution >= 4 is 5.97 Å². The summed E-state index contributed by atoms with van der Waals surface area (Å²) in [6.45, 7) is 7.91. The van der Waals surface area contributed by atoms with Gasteiger partial charge in [-0.2, -0.15) is 0 Å². The second-order valence-corrected chi connectivity index (χ2v) is 9.13. The quantitative estimate of drug-likeness (QED) is 0.382. The number of allylic oxidation sites excluding steroid dienone is 1. The van der Waals surface area contributed by atoms with E-state index < -0.39 is 6.10 Å². The Morgan fingerprint density at radius 3 is 2.25 bits per heavy atom. The molecule has 0 radical (unpaired) electrons. The van der Waals surface area contributed by atoms with E-state index in [-0.39, 0.29) is 24.6 Å². The summed E-state index contributed by atoms with van der Waals surface area (Å²) in [4.78, 5) is 13.0. The van der Waals surface area contributed by atoms with Gasteiger partial charge in [-0.05, 0) is 43.9 Å². The molecule has 0 saturated heterocycles. The number of benzene rings is 2. The predicted octanol–water partition coefficient (Wildman–Crippen LogP) is 5.50. The fourth-order valence-corrected chi connectivity index (χ4v) is 4.96. The van der Waals surface area contributed by atoms with Crippen LogP contribution in [0.5, 0.6) is 34.5 Å². The van der Waals surface area contributed by atoms with Gasteiger partial charge in [0, 0.05) is 28.2 Å². The van der Waals surface area contributed by atoms with Gasteiger partial charge in [-0.3, -0.25) is 0 Å². The minimum Gasteiger partial charge on any atom is -0.493 e. The van der Waals surface area contributed by atoms with E-state index in [9.17, 15) is 4.79 Å². The van der Waals surface area contributed by atoms with E-state index in [1.54, 1.807) is 41.4 Å². The first-order chi connectivity index (χ1) is 17.3. The molecule has 0 saturated carbocycles. The highest BCUT2D eigenvalue weighted by Gasteiger charge is 2.39. The monoisotopic (exact) mass is 498 g/mol. The van der Waals surface area contributed by atoms with Crippen LogP contribution in [0.4, 0.5) is 0 Å². The molecule has 194 valence electrons. The van der Waals surface area contributed by atoms with E-state index >= 15 is 0 Å². The van der Waals surface area contributed by atoms with Crippen LogP contribution in [0.15, 0.2) is 23.8 Å². The number of ether oxygens (including phenoxy) is 7. The summed E-state index contributed by atoms with van der Waals surface area (Å²) in [5.74, 6) is 2.78. The molecule has 0 N–H and O–H groups in total. The molecule has 0 unspecified atom stereocenters. The zero-order chi connectivity index (χ0) is 26.1. The molecule has 2 aliphatic rings. The van der Waals surface area contributed by atoms with Crippen LogP contribution < -0.4 is 28.4 Å². The Labute approximate surface area is 212 Å². The Balaban J connectivity index is 2.13. The lowest BCUT2D eigenvalue weighted by atomic mass is 9.75. The van der Waals surface area contributed by atoms with E-state index in [1.165, 1.54) is 0 Å². The molecule has 1 heterocycles. The van der Waals surface area contributed by atoms with Gasteiger partial charge in [-0.1, -0.05) is 19.9 Å². The minimum absolute atomic E-state index is 0.0373. The SMILES string of the molecule is CC=C(C)C(=O)O[C@H]1c2cc(OC)c(OC)c(OC)c2-c2c(cc3c(c2OC)OCO3)C[C@H](C)[C@@H]1C. The summed E-state index contributed by atoms with van der Waals surface area (Å²) >= 11 is 0. The molecular formula is C28H34O8. The lowest BCUT2D eigenvalue weighted by Gasteiger charge is -2.35. The van der Waals surface area contributed by atoms with Crippen LogP contribution in [-0.4, -0.2) is 41.2 Å². The van der Waals surface area contributed by atoms with Crippen molar-refractivity contribution in [2.75, 3.05) is 35.2 Å². The first-order valence-corrected chi connectivity index (χ1v) is 12.0. The second-order valence-electron chi connectivity index (χ2n) is 9.13. The van der Waals surface area contributed by atoms with Crippen molar-refractivity contribution in [2.24, 2.45) is 11.8 Å². The maximum atomic E-state index is 13.0. The van der Waals surface area contributed by atoms with Crippen LogP contribution in [0.3, 0.4) is 0 Å². The lowest BCUT2D eigenvalue weighted by Crippen LogP contribution is -2.27. The van der Waals surface area contributed by atoms with Gasteiger partial charge in [0.1, 0.15) is 6.10 Å². The van der Waals surface area contributed by atoms with Crippen molar-refractivity contribution in [1.29, 1.82) is 0 Å². The highest BCUT2D eigenvalue weighted by atomic mass is 16.7. The third-order valence-electron chi connectivity index (χ3n) is 7.23. The Hall–Kier alpha value is -3.55. The maximum Gasteiger partial charge on any atom is 0.333 e. The fourth-order valence-electron chi connectivity index (χ4n) is 4.96. The van der Waals surface area contributed by atoms with Gasteiger partial charge < -0.3 is 33.2 Å². The van der Waals surface area contributed by atoms with Crippen LogP contribution in [0.2, 0.25) is 0 Å². The predicted molar refractivity (Wildman–Crippen MR) is 135 cm³/mol. The van der Waals surface area contributed by atoms with Crippen molar-refractivity contribution in [2.45, 2.75) is 40.2 Å². The number of carbonyl (C=O) groups excluding carboxylic acids is 1. The standard InChI is InChI=1S/C28H34O8/c1-9-14(2)28(29)36-23-16(4)15(3)10-17-11-20-25(35-13-34-20)26(32-7)21(17)22-18(23)12-19(30-5)24(31-6)27(22)33-8/h9,11-12,15-16,23H,10,13H2,1-8H3/t15-,16-,23+/m0/s1. The summed E-state index contributed by atoms with van der Waals surface area (Å²) in [6.07, 6.45) is 1.85. The Bertz CT molecular complexity index is 1200. The molecule has 2 aromatic rings. The summed E-state index contributed by atoms with van der Waals surface area (Å²) < 4.78 is 41.0. The zero-order valence-electron chi connectivity index (χ0n) is 22.1. The number of fused-ring (bicyclic) bond motifs is 4. The summed E-state index contributed by atoms with van der Waals surface area (Å²) in [7, 11) is 6.30. The van der Waals surface area contributed by atoms with Crippen LogP contribution in [0.1, 0.15) is 44.9 Å². The van der Waals surface area contributed by atoms with E-state index in [2.05, 4.69) is 13.8 Å². The molecule has 8 nitrogen and oxygen atoms in total. The Morgan fingerprint density at radius 2 is 1.64 bits per heavy atom. The number of hydrogen-bond donors (Lipinski definition) is 0. The van der Waals surface area contributed by atoms with E-state index in [0.29, 0.717) is 52.1 Å². The van der Waals surface area contributed by atoms with E-state index in [1.807, 2.05) is 19.1 Å². The fraction of sp³-hybridized carbons (Fsp3) is 0.464. The third kappa shape index (κ3) is 4.08. The van der Waals surface area contributed by atoms with Gasteiger partial charge in [0.25, 0.3) is 0 Å². The van der Waals surface area contributed by atoms with Gasteiger partial charge in [-0.15, -0.1) is 0 Å². The highest BCUT2D eigenvalue weighted by molar-refractivity contribution is 5.90. The van der Waals surface area contributed by atoms with Crippen LogP contribution in [0, 0.1) is 11.8 Å². The van der Waals surface area contributed by atoms with E-state index in [0.717, 1.165) is 16.7 Å². The Morgan fingerprint density at radius 1 is 0.944 bits per heavy atom. The van der Waals surface area contributed by atoms with Crippen LogP contribution in [-0.2, 0) is 16.0 Å². The number of carbonyl (C=O) groups is 1. The number of methoxy groups -OCH3 is 4. The van der Waals surface area contributed by atoms with Gasteiger partial charge >= 0.3 is 5.97 Å². The van der Waals surface area contributed by atoms with Crippen molar-refractivity contribution in [1.82, 2.24) is 0 Å². The minimum atomic E-state index is -0.589. The largest absolute Gasteiger partial charge is 0.493 e. The molecule has 0 aromatic heterocycles. The van der Waals surface area contributed by atoms with E-state index in [4.69, 9.17) is 33.2 Å². The molecule has 0 amide bonds. The molecule has 3 atom stereocenters. The molecular weight excluding hydrogens is 464 g/mol. The molecule has 0 spiro atoms. The first kappa shape index (κ1) is 25.5. The normalized spacial score (nSPS) is 20.4. The maximum absolute atomic E-state index is 13.0. The molecule has 0 bridgehead atoms. The van der Waals surface area contributed by atoms with Gasteiger partial charge in [-0.25, -0.2) is 4.79 Å². The van der Waals surface area contributed by atoms with Crippen molar-refractivity contribution in [3.05, 3.63) is 34.9 Å². The molecule has 4 rings (SSSR count). The molecule has 8 heteroatoms. The Kier molecular flexibility index (Phi) is 7.24. The highest BCUT2D eigenvalue weighted by Crippen LogP contribution is 2.58. The van der Waals surface area contributed by atoms with Gasteiger partial charge in [0.05, 0.1) is 28.4 Å². The van der Waals surface area contributed by atoms with Gasteiger partial charge in [0.15, 0.2) is 23.0 Å². The average molecular weight is 499 g/mol. The second kappa shape index (κ2) is 10.2. The summed E-state index contributed by atoms with van der Waals surface area (Å²) in [5.41, 5.74) is 3.77. The van der Waals surface area contributed by atoms with Crippen LogP contribution in [0.25, 0.3) is 11.1 Å². The first-order valence-electron chi connectivity index (χ1n) is 12.0. The smallest absolute Gasteiger partial charge is 0.333 e. The molecule has 0 fully saturated rings. The third-order valence-corrected chi connectivity index (χ3v) is 7.23. The lowest BCUT2D eigenvalue weighted by molar-refractivity contribution is -0.148. The van der Waals surface area contributed by atoms with Crippen molar-refractivity contribution in [3.63, 3.8) is 0 Å². The molecule has 1 aliphatic heterocycles. The zero-order valence-corrected chi connectivity index (χ0v) is 22.1. The topological polar surface area (TPSA) is 81.7 Å². The average Bonchev–Trinajstić information content (AvgIpc) is 3.36. The van der Waals surface area contributed by atoms with Crippen molar-refractivity contribution < 1.29 is 38.0 Å². The number of rotatable bonds is 6. The molecule has 36 heavy (non-hydrogen) atoms.